The van der Waals surface area contributed by atoms with Crippen LogP contribution >= 0.6 is 0 Å². The highest BCUT2D eigenvalue weighted by molar-refractivity contribution is 5.87. The number of nitrogens with zero attached hydrogens (tertiary/aromatic N) is 1. The fraction of sp³-hybridized carbons (Fsp3) is 0.375. The van der Waals surface area contributed by atoms with Gasteiger partial charge in [-0.05, 0) is 44.4 Å². The standard InChI is InChI=1S/C24H28N2O2/c1-23(2,3)28-22(27)24(13-14-26(24)17-18-9-5-4-6-10-18)15-19-16-25-21-12-8-7-11-20(19)21/h4-12,16,25H,13-15,17H2,1-3H3. The molecule has 1 atom stereocenters. The summed E-state index contributed by atoms with van der Waals surface area (Å²) in [6.45, 7) is 7.46. The van der Waals surface area contributed by atoms with Gasteiger partial charge in [0.1, 0.15) is 11.1 Å². The Hall–Kier alpha value is -2.59. The fourth-order valence-corrected chi connectivity index (χ4v) is 4.04. The Balaban J connectivity index is 1.66. The number of hydrogen-bond donors (Lipinski definition) is 1. The van der Waals surface area contributed by atoms with Crippen molar-refractivity contribution in [1.29, 1.82) is 0 Å². The van der Waals surface area contributed by atoms with Crippen LogP contribution in [0, 0.1) is 0 Å². The maximum absolute atomic E-state index is 13.4. The lowest BCUT2D eigenvalue weighted by atomic mass is 9.78. The Kier molecular flexibility index (Phi) is 4.76. The molecule has 4 nitrogen and oxygen atoms in total. The molecular weight excluding hydrogens is 348 g/mol. The molecule has 1 unspecified atom stereocenters. The topological polar surface area (TPSA) is 45.3 Å². The molecule has 4 heteroatoms. The molecule has 2 heterocycles. The second kappa shape index (κ2) is 7.10. The first kappa shape index (κ1) is 18.8. The van der Waals surface area contributed by atoms with E-state index >= 15 is 0 Å². The lowest BCUT2D eigenvalue weighted by Gasteiger charge is -2.51. The van der Waals surface area contributed by atoms with Crippen LogP contribution in [-0.2, 0) is 22.5 Å². The number of fused-ring (bicyclic) bond motifs is 1. The molecule has 0 radical (unpaired) electrons. The monoisotopic (exact) mass is 376 g/mol. The van der Waals surface area contributed by atoms with Crippen LogP contribution in [-0.4, -0.2) is 33.5 Å². The maximum Gasteiger partial charge on any atom is 0.327 e. The molecule has 2 aromatic carbocycles. The predicted octanol–water partition coefficient (Wildman–Crippen LogP) is 4.70. The summed E-state index contributed by atoms with van der Waals surface area (Å²) in [5.41, 5.74) is 2.37. The number of hydrogen-bond acceptors (Lipinski definition) is 3. The van der Waals surface area contributed by atoms with Gasteiger partial charge in [0.2, 0.25) is 0 Å². The zero-order chi connectivity index (χ0) is 19.8. The van der Waals surface area contributed by atoms with Gasteiger partial charge in [0.05, 0.1) is 0 Å². The smallest absolute Gasteiger partial charge is 0.327 e. The number of ether oxygens (including phenoxy) is 1. The number of nitrogens with one attached hydrogen (secondary N) is 1. The van der Waals surface area contributed by atoms with Gasteiger partial charge < -0.3 is 9.72 Å². The van der Waals surface area contributed by atoms with Crippen molar-refractivity contribution in [3.63, 3.8) is 0 Å². The van der Waals surface area contributed by atoms with Crippen LogP contribution < -0.4 is 0 Å². The SMILES string of the molecule is CC(C)(C)OC(=O)C1(Cc2c[nH]c3ccccc23)CCN1Cc1ccccc1. The van der Waals surface area contributed by atoms with Gasteiger partial charge in [-0.3, -0.25) is 9.69 Å². The predicted molar refractivity (Wildman–Crippen MR) is 112 cm³/mol. The van der Waals surface area contributed by atoms with Crippen molar-refractivity contribution in [3.8, 4) is 0 Å². The number of aromatic nitrogens is 1. The van der Waals surface area contributed by atoms with E-state index in [-0.39, 0.29) is 5.97 Å². The van der Waals surface area contributed by atoms with E-state index in [0.29, 0.717) is 6.42 Å². The van der Waals surface area contributed by atoms with Gasteiger partial charge in [0, 0.05) is 36.6 Å². The molecule has 1 aliphatic rings. The van der Waals surface area contributed by atoms with Gasteiger partial charge in [-0.15, -0.1) is 0 Å². The van der Waals surface area contributed by atoms with Crippen LogP contribution in [0.4, 0.5) is 0 Å². The Morgan fingerprint density at radius 2 is 1.82 bits per heavy atom. The molecule has 0 aliphatic carbocycles. The quantitative estimate of drug-likeness (QED) is 0.657. The molecule has 146 valence electrons. The first-order chi connectivity index (χ1) is 13.4. The van der Waals surface area contributed by atoms with E-state index in [1.165, 1.54) is 16.5 Å². The van der Waals surface area contributed by atoms with Crippen molar-refractivity contribution < 1.29 is 9.53 Å². The highest BCUT2D eigenvalue weighted by atomic mass is 16.6. The summed E-state index contributed by atoms with van der Waals surface area (Å²) in [7, 11) is 0. The number of H-pyrrole nitrogens is 1. The molecule has 0 spiro atoms. The molecule has 0 saturated carbocycles. The summed E-state index contributed by atoms with van der Waals surface area (Å²) in [5.74, 6) is -0.118. The van der Waals surface area contributed by atoms with Crippen molar-refractivity contribution in [2.24, 2.45) is 0 Å². The van der Waals surface area contributed by atoms with E-state index in [9.17, 15) is 4.79 Å². The summed E-state index contributed by atoms with van der Waals surface area (Å²) in [5, 5.41) is 1.18. The summed E-state index contributed by atoms with van der Waals surface area (Å²) in [6.07, 6.45) is 3.50. The number of carbonyl (C=O) groups excluding carboxylic acids is 1. The number of carbonyl (C=O) groups is 1. The number of benzene rings is 2. The Bertz CT molecular complexity index is 971. The average Bonchev–Trinajstić information content (AvgIpc) is 3.05. The van der Waals surface area contributed by atoms with Gasteiger partial charge in [-0.1, -0.05) is 48.5 Å². The van der Waals surface area contributed by atoms with Crippen molar-refractivity contribution in [2.45, 2.75) is 51.3 Å². The van der Waals surface area contributed by atoms with Crippen molar-refractivity contribution in [1.82, 2.24) is 9.88 Å². The molecule has 0 bridgehead atoms. The minimum Gasteiger partial charge on any atom is -0.459 e. The minimum atomic E-state index is -0.617. The van der Waals surface area contributed by atoms with Crippen molar-refractivity contribution in [3.05, 3.63) is 71.9 Å². The zero-order valence-corrected chi connectivity index (χ0v) is 16.9. The molecule has 3 aromatic rings. The first-order valence-electron chi connectivity index (χ1n) is 9.95. The van der Waals surface area contributed by atoms with E-state index in [1.807, 2.05) is 57.3 Å². The first-order valence-corrected chi connectivity index (χ1v) is 9.95. The van der Waals surface area contributed by atoms with Crippen LogP contribution in [0.3, 0.4) is 0 Å². The highest BCUT2D eigenvalue weighted by Gasteiger charge is 2.53. The van der Waals surface area contributed by atoms with E-state index < -0.39 is 11.1 Å². The van der Waals surface area contributed by atoms with Gasteiger partial charge in [-0.25, -0.2) is 0 Å². The molecule has 1 aliphatic heterocycles. The van der Waals surface area contributed by atoms with E-state index in [0.717, 1.165) is 25.0 Å². The largest absolute Gasteiger partial charge is 0.459 e. The van der Waals surface area contributed by atoms with Gasteiger partial charge in [0.15, 0.2) is 0 Å². The Morgan fingerprint density at radius 1 is 1.11 bits per heavy atom. The van der Waals surface area contributed by atoms with E-state index in [4.69, 9.17) is 4.74 Å². The summed E-state index contributed by atoms with van der Waals surface area (Å²) in [4.78, 5) is 19.0. The molecular formula is C24H28N2O2. The summed E-state index contributed by atoms with van der Waals surface area (Å²) < 4.78 is 5.88. The molecule has 1 saturated heterocycles. The van der Waals surface area contributed by atoms with Crippen LogP contribution in [0.2, 0.25) is 0 Å². The normalized spacial score (nSPS) is 20.1. The zero-order valence-electron chi connectivity index (χ0n) is 16.9. The second-order valence-electron chi connectivity index (χ2n) is 8.73. The molecule has 1 aromatic heterocycles. The Labute approximate surface area is 166 Å². The van der Waals surface area contributed by atoms with Crippen LogP contribution in [0.15, 0.2) is 60.8 Å². The molecule has 4 rings (SSSR count). The van der Waals surface area contributed by atoms with Gasteiger partial charge in [0.25, 0.3) is 0 Å². The van der Waals surface area contributed by atoms with Gasteiger partial charge in [-0.2, -0.15) is 0 Å². The second-order valence-corrected chi connectivity index (χ2v) is 8.73. The lowest BCUT2D eigenvalue weighted by molar-refractivity contribution is -0.181. The van der Waals surface area contributed by atoms with Crippen molar-refractivity contribution >= 4 is 16.9 Å². The molecule has 1 fully saturated rings. The number of para-hydroxylation sites is 1. The Morgan fingerprint density at radius 3 is 2.50 bits per heavy atom. The summed E-state index contributed by atoms with van der Waals surface area (Å²) in [6, 6.07) is 18.6. The molecule has 28 heavy (non-hydrogen) atoms. The van der Waals surface area contributed by atoms with Crippen LogP contribution in [0.25, 0.3) is 10.9 Å². The third kappa shape index (κ3) is 3.57. The maximum atomic E-state index is 13.4. The van der Waals surface area contributed by atoms with Crippen LogP contribution in [0.1, 0.15) is 38.3 Å². The third-order valence-corrected chi connectivity index (χ3v) is 5.55. The third-order valence-electron chi connectivity index (χ3n) is 5.55. The van der Waals surface area contributed by atoms with Crippen molar-refractivity contribution in [2.75, 3.05) is 6.54 Å². The number of aromatic amines is 1. The molecule has 0 amide bonds. The fourth-order valence-electron chi connectivity index (χ4n) is 4.04. The average molecular weight is 377 g/mol. The number of esters is 1. The number of likely N-dealkylation sites (tertiary alicyclic amines) is 1. The van der Waals surface area contributed by atoms with E-state index in [2.05, 4.69) is 34.1 Å². The van der Waals surface area contributed by atoms with Gasteiger partial charge >= 0.3 is 5.97 Å². The van der Waals surface area contributed by atoms with Crippen LogP contribution in [0.5, 0.6) is 0 Å². The molecule has 1 N–H and O–H groups in total. The highest BCUT2D eigenvalue weighted by Crippen LogP contribution is 2.39. The number of rotatable bonds is 5. The van der Waals surface area contributed by atoms with E-state index in [1.54, 1.807) is 0 Å². The minimum absolute atomic E-state index is 0.118. The lowest BCUT2D eigenvalue weighted by Crippen LogP contribution is -2.66. The summed E-state index contributed by atoms with van der Waals surface area (Å²) >= 11 is 0.